The Bertz CT molecular complexity index is 919. The van der Waals surface area contributed by atoms with E-state index in [1.165, 1.54) is 6.07 Å². The zero-order chi connectivity index (χ0) is 18.9. The summed E-state index contributed by atoms with van der Waals surface area (Å²) in [5.41, 5.74) is 1.85. The standard InChI is InChI=1S/C19H22N2O4S/c1-13-3-6-15(11-18(13)26(20,23)24)19(22)21(16-7-8-16)12-14-4-9-17(25-2)10-5-14/h3-6,9-11,16H,7-8,12H2,1-2H3,(H2,20,23,24). The topological polar surface area (TPSA) is 89.7 Å². The Morgan fingerprint density at radius 3 is 2.38 bits per heavy atom. The Morgan fingerprint density at radius 2 is 1.85 bits per heavy atom. The third-order valence-electron chi connectivity index (χ3n) is 4.50. The number of primary sulfonamides is 1. The maximum atomic E-state index is 13.0. The fraction of sp³-hybridized carbons (Fsp3) is 0.316. The molecule has 1 aliphatic rings. The minimum atomic E-state index is -3.87. The van der Waals surface area contributed by atoms with Crippen molar-refractivity contribution in [3.8, 4) is 5.75 Å². The molecule has 1 amide bonds. The van der Waals surface area contributed by atoms with Crippen LogP contribution in [-0.2, 0) is 16.6 Å². The van der Waals surface area contributed by atoms with Gasteiger partial charge in [-0.25, -0.2) is 13.6 Å². The lowest BCUT2D eigenvalue weighted by Gasteiger charge is -2.23. The Kier molecular flexibility index (Phi) is 5.02. The Hall–Kier alpha value is -2.38. The summed E-state index contributed by atoms with van der Waals surface area (Å²) in [5, 5.41) is 5.26. The van der Waals surface area contributed by atoms with E-state index < -0.39 is 10.0 Å². The molecule has 0 bridgehead atoms. The quantitative estimate of drug-likeness (QED) is 0.841. The number of nitrogens with zero attached hydrogens (tertiary/aromatic N) is 1. The van der Waals surface area contributed by atoms with Crippen LogP contribution < -0.4 is 9.88 Å². The first-order valence-corrected chi connectivity index (χ1v) is 9.91. The van der Waals surface area contributed by atoms with Crippen LogP contribution in [0.25, 0.3) is 0 Å². The lowest BCUT2D eigenvalue weighted by atomic mass is 10.1. The predicted molar refractivity (Wildman–Crippen MR) is 98.4 cm³/mol. The molecule has 2 aromatic carbocycles. The number of hydrogen-bond acceptors (Lipinski definition) is 4. The van der Waals surface area contributed by atoms with E-state index in [9.17, 15) is 13.2 Å². The molecule has 0 unspecified atom stereocenters. The molecule has 26 heavy (non-hydrogen) atoms. The molecule has 1 saturated carbocycles. The zero-order valence-corrected chi connectivity index (χ0v) is 15.6. The molecule has 3 rings (SSSR count). The number of amides is 1. The van der Waals surface area contributed by atoms with Crippen molar-refractivity contribution >= 4 is 15.9 Å². The molecule has 1 aliphatic carbocycles. The first kappa shape index (κ1) is 18.4. The summed E-state index contributed by atoms with van der Waals surface area (Å²) in [5.74, 6) is 0.572. The molecule has 0 saturated heterocycles. The SMILES string of the molecule is COc1ccc(CN(C(=O)c2ccc(C)c(S(N)(=O)=O)c2)C2CC2)cc1. The van der Waals surface area contributed by atoms with Gasteiger partial charge in [0.1, 0.15) is 5.75 Å². The van der Waals surface area contributed by atoms with Crippen LogP contribution in [0, 0.1) is 6.92 Å². The number of nitrogens with two attached hydrogens (primary N) is 1. The van der Waals surface area contributed by atoms with Crippen LogP contribution in [0.4, 0.5) is 0 Å². The van der Waals surface area contributed by atoms with Crippen molar-refractivity contribution < 1.29 is 17.9 Å². The van der Waals surface area contributed by atoms with Gasteiger partial charge in [0.2, 0.25) is 10.0 Å². The highest BCUT2D eigenvalue weighted by Crippen LogP contribution is 2.30. The minimum absolute atomic E-state index is 0.0106. The lowest BCUT2D eigenvalue weighted by molar-refractivity contribution is 0.0729. The van der Waals surface area contributed by atoms with E-state index in [-0.39, 0.29) is 16.8 Å². The van der Waals surface area contributed by atoms with Crippen LogP contribution in [0.15, 0.2) is 47.4 Å². The van der Waals surface area contributed by atoms with Gasteiger partial charge in [-0.15, -0.1) is 0 Å². The van der Waals surface area contributed by atoms with Gasteiger partial charge in [-0.3, -0.25) is 4.79 Å². The molecule has 138 valence electrons. The lowest BCUT2D eigenvalue weighted by Crippen LogP contribution is -2.32. The molecule has 0 radical (unpaired) electrons. The normalized spacial score (nSPS) is 14.1. The molecule has 0 spiro atoms. The second-order valence-corrected chi connectivity index (χ2v) is 8.07. The molecule has 0 aromatic heterocycles. The van der Waals surface area contributed by atoms with E-state index in [0.717, 1.165) is 24.2 Å². The third-order valence-corrected chi connectivity index (χ3v) is 5.55. The van der Waals surface area contributed by atoms with Crippen molar-refractivity contribution in [3.63, 3.8) is 0 Å². The summed E-state index contributed by atoms with van der Waals surface area (Å²) in [6.07, 6.45) is 1.91. The molecule has 7 heteroatoms. The van der Waals surface area contributed by atoms with Crippen LogP contribution in [0.1, 0.15) is 34.3 Å². The molecule has 0 heterocycles. The zero-order valence-electron chi connectivity index (χ0n) is 14.8. The number of carbonyl (C=O) groups is 1. The summed E-state index contributed by atoms with van der Waals surface area (Å²) in [6.45, 7) is 2.12. The van der Waals surface area contributed by atoms with Gasteiger partial charge in [0.15, 0.2) is 0 Å². The Balaban J connectivity index is 1.87. The number of benzene rings is 2. The number of hydrogen-bond donors (Lipinski definition) is 1. The summed E-state index contributed by atoms with van der Waals surface area (Å²) >= 11 is 0. The van der Waals surface area contributed by atoms with Gasteiger partial charge in [-0.2, -0.15) is 0 Å². The Labute approximate surface area is 153 Å². The number of ether oxygens (including phenoxy) is 1. The van der Waals surface area contributed by atoms with Crippen molar-refractivity contribution in [2.45, 2.75) is 37.2 Å². The van der Waals surface area contributed by atoms with E-state index in [4.69, 9.17) is 9.88 Å². The molecule has 1 fully saturated rings. The number of carbonyl (C=O) groups excluding carboxylic acids is 1. The second-order valence-electron chi connectivity index (χ2n) is 6.54. The first-order valence-electron chi connectivity index (χ1n) is 8.37. The van der Waals surface area contributed by atoms with Crippen molar-refractivity contribution in [1.29, 1.82) is 0 Å². The van der Waals surface area contributed by atoms with Gasteiger partial charge < -0.3 is 9.64 Å². The molecule has 2 N–H and O–H groups in total. The maximum Gasteiger partial charge on any atom is 0.254 e. The van der Waals surface area contributed by atoms with E-state index in [2.05, 4.69) is 0 Å². The second kappa shape index (κ2) is 7.09. The summed E-state index contributed by atoms with van der Waals surface area (Å²) < 4.78 is 28.6. The van der Waals surface area contributed by atoms with Gasteiger partial charge in [0, 0.05) is 18.2 Å². The average Bonchev–Trinajstić information content (AvgIpc) is 3.44. The molecule has 0 atom stereocenters. The van der Waals surface area contributed by atoms with Crippen LogP contribution in [0.5, 0.6) is 5.75 Å². The summed E-state index contributed by atoms with van der Waals surface area (Å²) in [4.78, 5) is 14.8. The maximum absolute atomic E-state index is 13.0. The number of sulfonamides is 1. The van der Waals surface area contributed by atoms with Gasteiger partial charge >= 0.3 is 0 Å². The van der Waals surface area contributed by atoms with Crippen LogP contribution in [-0.4, -0.2) is 32.4 Å². The van der Waals surface area contributed by atoms with Crippen LogP contribution in [0.3, 0.4) is 0 Å². The monoisotopic (exact) mass is 374 g/mol. The first-order chi connectivity index (χ1) is 12.3. The highest BCUT2D eigenvalue weighted by atomic mass is 32.2. The fourth-order valence-electron chi connectivity index (χ4n) is 2.89. The van der Waals surface area contributed by atoms with Gasteiger partial charge in [0.05, 0.1) is 12.0 Å². The molecular weight excluding hydrogens is 352 g/mol. The van der Waals surface area contributed by atoms with Crippen molar-refractivity contribution in [2.24, 2.45) is 5.14 Å². The van der Waals surface area contributed by atoms with E-state index in [1.807, 2.05) is 24.3 Å². The third kappa shape index (κ3) is 4.05. The predicted octanol–water partition coefficient (Wildman–Crippen LogP) is 2.46. The number of aryl methyl sites for hydroxylation is 1. The average molecular weight is 374 g/mol. The van der Waals surface area contributed by atoms with Gasteiger partial charge in [-0.05, 0) is 55.2 Å². The smallest absolute Gasteiger partial charge is 0.254 e. The van der Waals surface area contributed by atoms with Crippen molar-refractivity contribution in [1.82, 2.24) is 4.90 Å². The largest absolute Gasteiger partial charge is 0.497 e. The fourth-order valence-corrected chi connectivity index (χ4v) is 3.69. The number of methoxy groups -OCH3 is 1. The van der Waals surface area contributed by atoms with Gasteiger partial charge in [-0.1, -0.05) is 18.2 Å². The summed E-state index contributed by atoms with van der Waals surface area (Å²) in [6, 6.07) is 12.4. The van der Waals surface area contributed by atoms with Crippen LogP contribution in [0.2, 0.25) is 0 Å². The summed E-state index contributed by atoms with van der Waals surface area (Å²) in [7, 11) is -2.26. The van der Waals surface area contributed by atoms with E-state index in [0.29, 0.717) is 17.7 Å². The highest BCUT2D eigenvalue weighted by molar-refractivity contribution is 7.89. The van der Waals surface area contributed by atoms with Crippen molar-refractivity contribution in [2.75, 3.05) is 7.11 Å². The van der Waals surface area contributed by atoms with Gasteiger partial charge in [0.25, 0.3) is 5.91 Å². The molecule has 2 aromatic rings. The van der Waals surface area contributed by atoms with E-state index >= 15 is 0 Å². The highest BCUT2D eigenvalue weighted by Gasteiger charge is 2.33. The molecule has 6 nitrogen and oxygen atoms in total. The minimum Gasteiger partial charge on any atom is -0.497 e. The Morgan fingerprint density at radius 1 is 1.19 bits per heavy atom. The van der Waals surface area contributed by atoms with Crippen molar-refractivity contribution in [3.05, 3.63) is 59.2 Å². The van der Waals surface area contributed by atoms with E-state index in [1.54, 1.807) is 31.1 Å². The molecular formula is C19H22N2O4S. The molecule has 0 aliphatic heterocycles. The number of rotatable bonds is 6. The van der Waals surface area contributed by atoms with Crippen LogP contribution >= 0.6 is 0 Å².